The first kappa shape index (κ1) is 15.7. The van der Waals surface area contributed by atoms with Gasteiger partial charge in [0.2, 0.25) is 0 Å². The molecule has 25 heavy (non-hydrogen) atoms. The first-order valence-corrected chi connectivity index (χ1v) is 8.44. The van der Waals surface area contributed by atoms with Crippen molar-refractivity contribution in [3.8, 4) is 22.8 Å². The summed E-state index contributed by atoms with van der Waals surface area (Å²) in [7, 11) is 2.15. The van der Waals surface area contributed by atoms with E-state index in [0.717, 1.165) is 48.9 Å². The van der Waals surface area contributed by atoms with Crippen LogP contribution in [0.1, 0.15) is 0 Å². The van der Waals surface area contributed by atoms with E-state index in [2.05, 4.69) is 26.8 Å². The molecule has 0 saturated carbocycles. The Morgan fingerprint density at radius 1 is 0.880 bits per heavy atom. The monoisotopic (exact) mass is 332 g/mol. The van der Waals surface area contributed by atoms with Gasteiger partial charge in [0, 0.05) is 56.4 Å². The van der Waals surface area contributed by atoms with E-state index in [9.17, 15) is 0 Å². The van der Waals surface area contributed by atoms with Gasteiger partial charge in [-0.2, -0.15) is 0 Å². The third kappa shape index (κ3) is 3.49. The standard InChI is InChI=1S/C19H20N6/c1-24-9-11-25(12-10-24)18-13-17(16-6-2-3-8-21-16)22-19(23-18)15-5-4-7-20-14-15/h2-8,13-14H,9-12H2,1H3. The molecule has 0 bridgehead atoms. The van der Waals surface area contributed by atoms with Crippen LogP contribution in [0.4, 0.5) is 5.82 Å². The number of hydrogen-bond donors (Lipinski definition) is 0. The fourth-order valence-corrected chi connectivity index (χ4v) is 2.90. The van der Waals surface area contributed by atoms with E-state index in [-0.39, 0.29) is 0 Å². The van der Waals surface area contributed by atoms with Crippen LogP contribution in [-0.2, 0) is 0 Å². The van der Waals surface area contributed by atoms with Crippen molar-refractivity contribution < 1.29 is 0 Å². The van der Waals surface area contributed by atoms with Gasteiger partial charge in [-0.1, -0.05) is 6.07 Å². The van der Waals surface area contributed by atoms with Crippen molar-refractivity contribution >= 4 is 5.82 Å². The highest BCUT2D eigenvalue weighted by molar-refractivity contribution is 5.65. The maximum absolute atomic E-state index is 4.81. The zero-order chi connectivity index (χ0) is 17.1. The van der Waals surface area contributed by atoms with Crippen molar-refractivity contribution in [2.75, 3.05) is 38.1 Å². The summed E-state index contributed by atoms with van der Waals surface area (Å²) in [6.07, 6.45) is 5.34. The minimum atomic E-state index is 0.685. The fraction of sp³-hybridized carbons (Fsp3) is 0.263. The van der Waals surface area contributed by atoms with Crippen molar-refractivity contribution in [3.05, 3.63) is 55.0 Å². The van der Waals surface area contributed by atoms with Gasteiger partial charge in [-0.05, 0) is 31.3 Å². The average molecular weight is 332 g/mol. The highest BCUT2D eigenvalue weighted by Gasteiger charge is 2.18. The summed E-state index contributed by atoms with van der Waals surface area (Å²) in [6.45, 7) is 3.99. The van der Waals surface area contributed by atoms with Gasteiger partial charge in [-0.3, -0.25) is 9.97 Å². The summed E-state index contributed by atoms with van der Waals surface area (Å²) < 4.78 is 0. The molecule has 4 heterocycles. The number of aromatic nitrogens is 4. The third-order valence-electron chi connectivity index (χ3n) is 4.39. The van der Waals surface area contributed by atoms with Gasteiger partial charge in [0.05, 0.1) is 11.4 Å². The molecule has 6 nitrogen and oxygen atoms in total. The van der Waals surface area contributed by atoms with E-state index >= 15 is 0 Å². The number of piperazine rings is 1. The van der Waals surface area contributed by atoms with E-state index in [4.69, 9.17) is 9.97 Å². The normalized spacial score (nSPS) is 15.3. The topological polar surface area (TPSA) is 58.0 Å². The second kappa shape index (κ2) is 6.94. The minimum Gasteiger partial charge on any atom is -0.354 e. The number of pyridine rings is 2. The van der Waals surface area contributed by atoms with Crippen LogP contribution >= 0.6 is 0 Å². The Morgan fingerprint density at radius 3 is 2.48 bits per heavy atom. The lowest BCUT2D eigenvalue weighted by Gasteiger charge is -2.33. The number of likely N-dealkylation sites (N-methyl/N-ethyl adjacent to an activating group) is 1. The fourth-order valence-electron chi connectivity index (χ4n) is 2.90. The van der Waals surface area contributed by atoms with Gasteiger partial charge in [-0.25, -0.2) is 9.97 Å². The highest BCUT2D eigenvalue weighted by atomic mass is 15.3. The van der Waals surface area contributed by atoms with Crippen LogP contribution in [0.15, 0.2) is 55.0 Å². The number of rotatable bonds is 3. The van der Waals surface area contributed by atoms with Crippen molar-refractivity contribution in [2.45, 2.75) is 0 Å². The lowest BCUT2D eigenvalue weighted by molar-refractivity contribution is 0.312. The summed E-state index contributed by atoms with van der Waals surface area (Å²) in [5.41, 5.74) is 2.60. The van der Waals surface area contributed by atoms with Crippen LogP contribution < -0.4 is 4.90 Å². The van der Waals surface area contributed by atoms with Crippen LogP contribution in [-0.4, -0.2) is 58.1 Å². The maximum atomic E-state index is 4.81. The van der Waals surface area contributed by atoms with Crippen molar-refractivity contribution in [2.24, 2.45) is 0 Å². The molecule has 0 amide bonds. The van der Waals surface area contributed by atoms with Gasteiger partial charge in [0.15, 0.2) is 5.82 Å². The van der Waals surface area contributed by atoms with Crippen LogP contribution in [0, 0.1) is 0 Å². The van der Waals surface area contributed by atoms with Gasteiger partial charge >= 0.3 is 0 Å². The molecule has 0 aromatic carbocycles. The molecule has 1 fully saturated rings. The number of hydrogen-bond acceptors (Lipinski definition) is 6. The van der Waals surface area contributed by atoms with E-state index in [0.29, 0.717) is 5.82 Å². The summed E-state index contributed by atoms with van der Waals surface area (Å²) in [4.78, 5) is 22.8. The molecule has 0 atom stereocenters. The summed E-state index contributed by atoms with van der Waals surface area (Å²) in [6, 6.07) is 11.8. The van der Waals surface area contributed by atoms with Crippen LogP contribution in [0.3, 0.4) is 0 Å². The molecule has 3 aromatic heterocycles. The largest absolute Gasteiger partial charge is 0.354 e. The molecule has 3 aromatic rings. The maximum Gasteiger partial charge on any atom is 0.163 e. The van der Waals surface area contributed by atoms with E-state index in [1.807, 2.05) is 36.4 Å². The molecule has 0 radical (unpaired) electrons. The SMILES string of the molecule is CN1CCN(c2cc(-c3ccccn3)nc(-c3cccnc3)n2)CC1. The summed E-state index contributed by atoms with van der Waals surface area (Å²) in [5.74, 6) is 1.63. The molecule has 1 aliphatic heterocycles. The van der Waals surface area contributed by atoms with Crippen molar-refractivity contribution in [3.63, 3.8) is 0 Å². The second-order valence-corrected chi connectivity index (χ2v) is 6.18. The number of anilines is 1. The summed E-state index contributed by atoms with van der Waals surface area (Å²) in [5, 5.41) is 0. The number of nitrogens with zero attached hydrogens (tertiary/aromatic N) is 6. The van der Waals surface area contributed by atoms with Crippen molar-refractivity contribution in [1.82, 2.24) is 24.8 Å². The lowest BCUT2D eigenvalue weighted by atomic mass is 10.2. The van der Waals surface area contributed by atoms with Gasteiger partial charge in [0.25, 0.3) is 0 Å². The van der Waals surface area contributed by atoms with Gasteiger partial charge < -0.3 is 9.80 Å². The Balaban J connectivity index is 1.78. The van der Waals surface area contributed by atoms with Crippen LogP contribution in [0.25, 0.3) is 22.8 Å². The van der Waals surface area contributed by atoms with Crippen LogP contribution in [0.5, 0.6) is 0 Å². The first-order valence-electron chi connectivity index (χ1n) is 8.44. The Bertz CT molecular complexity index is 771. The first-order chi connectivity index (χ1) is 12.3. The second-order valence-electron chi connectivity index (χ2n) is 6.18. The Hall–Kier alpha value is -2.86. The molecule has 126 valence electrons. The van der Waals surface area contributed by atoms with E-state index in [1.54, 1.807) is 18.6 Å². The zero-order valence-corrected chi connectivity index (χ0v) is 14.2. The van der Waals surface area contributed by atoms with Crippen molar-refractivity contribution in [1.29, 1.82) is 0 Å². The minimum absolute atomic E-state index is 0.685. The lowest BCUT2D eigenvalue weighted by Crippen LogP contribution is -2.44. The molecule has 0 unspecified atom stereocenters. The molecule has 0 aliphatic carbocycles. The molecule has 1 saturated heterocycles. The van der Waals surface area contributed by atoms with Crippen LogP contribution in [0.2, 0.25) is 0 Å². The molecular formula is C19H20N6. The smallest absolute Gasteiger partial charge is 0.163 e. The van der Waals surface area contributed by atoms with Gasteiger partial charge in [-0.15, -0.1) is 0 Å². The molecule has 6 heteroatoms. The summed E-state index contributed by atoms with van der Waals surface area (Å²) >= 11 is 0. The molecule has 0 spiro atoms. The van der Waals surface area contributed by atoms with E-state index in [1.165, 1.54) is 0 Å². The zero-order valence-electron chi connectivity index (χ0n) is 14.2. The predicted octanol–water partition coefficient (Wildman–Crippen LogP) is 2.35. The Morgan fingerprint density at radius 2 is 1.76 bits per heavy atom. The Labute approximate surface area is 147 Å². The third-order valence-corrected chi connectivity index (χ3v) is 4.39. The molecule has 1 aliphatic rings. The van der Waals surface area contributed by atoms with E-state index < -0.39 is 0 Å². The highest BCUT2D eigenvalue weighted by Crippen LogP contribution is 2.25. The predicted molar refractivity (Wildman–Crippen MR) is 98.2 cm³/mol. The van der Waals surface area contributed by atoms with Gasteiger partial charge in [0.1, 0.15) is 5.82 Å². The quantitative estimate of drug-likeness (QED) is 0.734. The molecule has 0 N–H and O–H groups in total. The molecule has 4 rings (SSSR count). The molecular weight excluding hydrogens is 312 g/mol. The average Bonchev–Trinajstić information content (AvgIpc) is 2.69. The Kier molecular flexibility index (Phi) is 4.35.